The molecule has 0 spiro atoms. The van der Waals surface area contributed by atoms with E-state index in [4.69, 9.17) is 0 Å². The van der Waals surface area contributed by atoms with Gasteiger partial charge in [-0.25, -0.2) is 4.39 Å². The molecule has 0 aromatic heterocycles. The quantitative estimate of drug-likeness (QED) is 0.741. The molecule has 2 aromatic carbocycles. The number of rotatable bonds is 3. The molecule has 1 nitrogen and oxygen atoms in total. The number of benzene rings is 2. The Balaban J connectivity index is 1.88. The molecule has 0 amide bonds. The highest BCUT2D eigenvalue weighted by Gasteiger charge is 2.20. The molecule has 2 heteroatoms. The van der Waals surface area contributed by atoms with Gasteiger partial charge in [0.2, 0.25) is 0 Å². The summed E-state index contributed by atoms with van der Waals surface area (Å²) in [5.74, 6) is -0.0510. The van der Waals surface area contributed by atoms with Crippen LogP contribution in [0.3, 0.4) is 0 Å². The standard InChI is InChI=1S/C18H17FO/c1-12-5-10-17(19)16(11-12)18(20)15-8-6-14(7-9-15)13-3-2-4-13/h5-11,13H,2-4H2,1H3. The fourth-order valence-electron chi connectivity index (χ4n) is 2.62. The molecule has 2 aromatic rings. The summed E-state index contributed by atoms with van der Waals surface area (Å²) in [5, 5.41) is 0. The fraction of sp³-hybridized carbons (Fsp3) is 0.278. The van der Waals surface area contributed by atoms with Crippen LogP contribution in [-0.4, -0.2) is 5.78 Å². The molecule has 0 N–H and O–H groups in total. The average Bonchev–Trinajstić information content (AvgIpc) is 2.40. The van der Waals surface area contributed by atoms with Crippen LogP contribution in [0.5, 0.6) is 0 Å². The van der Waals surface area contributed by atoms with E-state index in [2.05, 4.69) is 0 Å². The van der Waals surface area contributed by atoms with Gasteiger partial charge in [0.15, 0.2) is 5.78 Å². The first-order valence-electron chi connectivity index (χ1n) is 7.06. The molecular weight excluding hydrogens is 251 g/mol. The number of hydrogen-bond donors (Lipinski definition) is 0. The first-order chi connectivity index (χ1) is 9.65. The summed E-state index contributed by atoms with van der Waals surface area (Å²) in [6.07, 6.45) is 3.76. The maximum absolute atomic E-state index is 13.8. The molecular formula is C18H17FO. The summed E-state index contributed by atoms with van der Waals surface area (Å²) < 4.78 is 13.8. The number of carbonyl (C=O) groups is 1. The first-order valence-corrected chi connectivity index (χ1v) is 7.06. The third-order valence-electron chi connectivity index (χ3n) is 4.12. The van der Waals surface area contributed by atoms with E-state index in [-0.39, 0.29) is 11.3 Å². The minimum Gasteiger partial charge on any atom is -0.288 e. The zero-order chi connectivity index (χ0) is 14.1. The summed E-state index contributed by atoms with van der Waals surface area (Å²) in [6.45, 7) is 1.86. The highest BCUT2D eigenvalue weighted by atomic mass is 19.1. The Hall–Kier alpha value is -1.96. The second-order valence-electron chi connectivity index (χ2n) is 5.56. The highest BCUT2D eigenvalue weighted by Crippen LogP contribution is 2.36. The average molecular weight is 268 g/mol. The molecule has 0 heterocycles. The van der Waals surface area contributed by atoms with Crippen LogP contribution in [0.1, 0.15) is 52.2 Å². The summed E-state index contributed by atoms with van der Waals surface area (Å²) in [5.41, 5.74) is 2.89. The summed E-state index contributed by atoms with van der Waals surface area (Å²) >= 11 is 0. The maximum Gasteiger partial charge on any atom is 0.195 e. The zero-order valence-electron chi connectivity index (χ0n) is 11.5. The highest BCUT2D eigenvalue weighted by molar-refractivity contribution is 6.09. The molecule has 20 heavy (non-hydrogen) atoms. The van der Waals surface area contributed by atoms with Crippen LogP contribution in [-0.2, 0) is 0 Å². The van der Waals surface area contributed by atoms with Crippen LogP contribution in [0.2, 0.25) is 0 Å². The van der Waals surface area contributed by atoms with Crippen LogP contribution in [0.15, 0.2) is 42.5 Å². The van der Waals surface area contributed by atoms with Gasteiger partial charge in [0.1, 0.15) is 5.82 Å². The van der Waals surface area contributed by atoms with Crippen molar-refractivity contribution in [3.05, 3.63) is 70.5 Å². The van der Waals surface area contributed by atoms with E-state index >= 15 is 0 Å². The predicted molar refractivity (Wildman–Crippen MR) is 77.6 cm³/mol. The molecule has 1 saturated carbocycles. The van der Waals surface area contributed by atoms with E-state index in [0.717, 1.165) is 5.56 Å². The van der Waals surface area contributed by atoms with Gasteiger partial charge in [-0.3, -0.25) is 4.79 Å². The van der Waals surface area contributed by atoms with Gasteiger partial charge in [0.25, 0.3) is 0 Å². The molecule has 0 saturated heterocycles. The SMILES string of the molecule is Cc1ccc(F)c(C(=O)c2ccc(C3CCC3)cc2)c1. The zero-order valence-corrected chi connectivity index (χ0v) is 11.5. The molecule has 102 valence electrons. The van der Waals surface area contributed by atoms with Crippen LogP contribution >= 0.6 is 0 Å². The summed E-state index contributed by atoms with van der Waals surface area (Å²) in [7, 11) is 0. The first kappa shape index (κ1) is 13.0. The van der Waals surface area contributed by atoms with Crippen LogP contribution in [0.4, 0.5) is 4.39 Å². The van der Waals surface area contributed by atoms with Gasteiger partial charge in [-0.15, -0.1) is 0 Å². The Morgan fingerprint density at radius 3 is 2.40 bits per heavy atom. The van der Waals surface area contributed by atoms with E-state index in [1.807, 2.05) is 31.2 Å². The summed E-state index contributed by atoms with van der Waals surface area (Å²) in [4.78, 5) is 12.3. The van der Waals surface area contributed by atoms with Crippen LogP contribution in [0.25, 0.3) is 0 Å². The Morgan fingerprint density at radius 2 is 1.80 bits per heavy atom. The van der Waals surface area contributed by atoms with Crippen LogP contribution in [0, 0.1) is 12.7 Å². The van der Waals surface area contributed by atoms with Gasteiger partial charge >= 0.3 is 0 Å². The van der Waals surface area contributed by atoms with Crippen molar-refractivity contribution in [2.75, 3.05) is 0 Å². The minimum atomic E-state index is -0.455. The lowest BCUT2D eigenvalue weighted by molar-refractivity contribution is 0.103. The maximum atomic E-state index is 13.8. The summed E-state index contributed by atoms with van der Waals surface area (Å²) in [6, 6.07) is 12.3. The van der Waals surface area contributed by atoms with Gasteiger partial charge in [0.05, 0.1) is 5.56 Å². The molecule has 0 aliphatic heterocycles. The number of aryl methyl sites for hydroxylation is 1. The van der Waals surface area contributed by atoms with Crippen molar-refractivity contribution in [3.8, 4) is 0 Å². The molecule has 0 unspecified atom stereocenters. The van der Waals surface area contributed by atoms with Gasteiger partial charge < -0.3 is 0 Å². The topological polar surface area (TPSA) is 17.1 Å². The van der Waals surface area contributed by atoms with Crippen LogP contribution < -0.4 is 0 Å². The normalized spacial score (nSPS) is 14.9. The number of hydrogen-bond acceptors (Lipinski definition) is 1. The lowest BCUT2D eigenvalue weighted by atomic mass is 9.80. The smallest absolute Gasteiger partial charge is 0.195 e. The molecule has 0 atom stereocenters. The fourth-order valence-corrected chi connectivity index (χ4v) is 2.62. The van der Waals surface area contributed by atoms with E-state index in [0.29, 0.717) is 11.5 Å². The predicted octanol–water partition coefficient (Wildman–Crippen LogP) is 4.63. The minimum absolute atomic E-state index is 0.154. The molecule has 0 bridgehead atoms. The molecule has 0 radical (unpaired) electrons. The Labute approximate surface area is 118 Å². The van der Waals surface area contributed by atoms with Crippen molar-refractivity contribution in [1.29, 1.82) is 0 Å². The lowest BCUT2D eigenvalue weighted by Crippen LogP contribution is -2.09. The molecule has 1 aliphatic rings. The molecule has 1 aliphatic carbocycles. The monoisotopic (exact) mass is 268 g/mol. The van der Waals surface area contributed by atoms with E-state index < -0.39 is 5.82 Å². The van der Waals surface area contributed by atoms with Gasteiger partial charge in [-0.05, 0) is 43.4 Å². The Bertz CT molecular complexity index is 639. The molecule has 1 fully saturated rings. The second kappa shape index (κ2) is 5.20. The second-order valence-corrected chi connectivity index (χ2v) is 5.56. The largest absolute Gasteiger partial charge is 0.288 e. The van der Waals surface area contributed by atoms with Crippen molar-refractivity contribution in [2.24, 2.45) is 0 Å². The van der Waals surface area contributed by atoms with E-state index in [1.54, 1.807) is 12.1 Å². The Kier molecular flexibility index (Phi) is 3.39. The van der Waals surface area contributed by atoms with Crippen molar-refractivity contribution < 1.29 is 9.18 Å². The van der Waals surface area contributed by atoms with Gasteiger partial charge in [-0.1, -0.05) is 42.3 Å². The lowest BCUT2D eigenvalue weighted by Gasteiger charge is -2.25. The van der Waals surface area contributed by atoms with Gasteiger partial charge in [-0.2, -0.15) is 0 Å². The van der Waals surface area contributed by atoms with E-state index in [9.17, 15) is 9.18 Å². The number of carbonyl (C=O) groups excluding carboxylic acids is 1. The van der Waals surface area contributed by atoms with Crippen molar-refractivity contribution >= 4 is 5.78 Å². The van der Waals surface area contributed by atoms with Crippen molar-refractivity contribution in [2.45, 2.75) is 32.1 Å². The third kappa shape index (κ3) is 2.38. The van der Waals surface area contributed by atoms with E-state index in [1.165, 1.54) is 30.9 Å². The molecule has 3 rings (SSSR count). The van der Waals surface area contributed by atoms with Crippen molar-refractivity contribution in [3.63, 3.8) is 0 Å². The van der Waals surface area contributed by atoms with Crippen molar-refractivity contribution in [1.82, 2.24) is 0 Å². The number of ketones is 1. The van der Waals surface area contributed by atoms with Gasteiger partial charge in [0, 0.05) is 5.56 Å². The third-order valence-corrected chi connectivity index (χ3v) is 4.12. The Morgan fingerprint density at radius 1 is 1.10 bits per heavy atom. The number of halogens is 1.